The zero-order valence-electron chi connectivity index (χ0n) is 12.6. The Morgan fingerprint density at radius 1 is 1.14 bits per heavy atom. The predicted molar refractivity (Wildman–Crippen MR) is 91.1 cm³/mol. The van der Waals surface area contributed by atoms with Gasteiger partial charge in [-0.05, 0) is 56.2 Å². The number of hydrogen-bond acceptors (Lipinski definition) is 2. The SMILES string of the molecule is Cc1ccc(C)c(O[C@H](C)C(=O)Nc2ccc(Cl)cc2Cl)c1. The Bertz CT molecular complexity index is 701. The second-order valence-electron chi connectivity index (χ2n) is 5.14. The molecule has 1 N–H and O–H groups in total. The van der Waals surface area contributed by atoms with Crippen molar-refractivity contribution in [3.8, 4) is 5.75 Å². The average molecular weight is 338 g/mol. The van der Waals surface area contributed by atoms with E-state index in [2.05, 4.69) is 5.32 Å². The van der Waals surface area contributed by atoms with E-state index in [0.717, 1.165) is 11.1 Å². The molecule has 0 radical (unpaired) electrons. The third kappa shape index (κ3) is 4.15. The highest BCUT2D eigenvalue weighted by molar-refractivity contribution is 6.36. The van der Waals surface area contributed by atoms with Crippen molar-refractivity contribution in [2.45, 2.75) is 26.9 Å². The molecule has 0 aliphatic heterocycles. The quantitative estimate of drug-likeness (QED) is 0.850. The minimum Gasteiger partial charge on any atom is -0.481 e. The van der Waals surface area contributed by atoms with Gasteiger partial charge in [0.2, 0.25) is 0 Å². The Hall–Kier alpha value is -1.71. The molecule has 22 heavy (non-hydrogen) atoms. The largest absolute Gasteiger partial charge is 0.481 e. The molecular formula is C17H17Cl2NO2. The number of rotatable bonds is 4. The van der Waals surface area contributed by atoms with E-state index in [1.54, 1.807) is 25.1 Å². The van der Waals surface area contributed by atoms with Crippen LogP contribution in [0.5, 0.6) is 5.75 Å². The molecule has 0 bridgehead atoms. The van der Waals surface area contributed by atoms with E-state index in [0.29, 0.717) is 21.5 Å². The number of anilines is 1. The van der Waals surface area contributed by atoms with Gasteiger partial charge in [-0.25, -0.2) is 0 Å². The van der Waals surface area contributed by atoms with E-state index in [4.69, 9.17) is 27.9 Å². The molecular weight excluding hydrogens is 321 g/mol. The summed E-state index contributed by atoms with van der Waals surface area (Å²) in [5.74, 6) is 0.426. The lowest BCUT2D eigenvalue weighted by Crippen LogP contribution is -2.30. The number of benzene rings is 2. The van der Waals surface area contributed by atoms with Crippen molar-refractivity contribution in [3.05, 3.63) is 57.6 Å². The normalized spacial score (nSPS) is 11.9. The lowest BCUT2D eigenvalue weighted by molar-refractivity contribution is -0.122. The Labute approximate surface area is 140 Å². The maximum Gasteiger partial charge on any atom is 0.265 e. The van der Waals surface area contributed by atoms with Gasteiger partial charge in [0.05, 0.1) is 10.7 Å². The van der Waals surface area contributed by atoms with Crippen LogP contribution in [-0.4, -0.2) is 12.0 Å². The van der Waals surface area contributed by atoms with Gasteiger partial charge < -0.3 is 10.1 Å². The molecule has 0 spiro atoms. The van der Waals surface area contributed by atoms with Gasteiger partial charge in [0.15, 0.2) is 6.10 Å². The van der Waals surface area contributed by atoms with E-state index < -0.39 is 6.10 Å². The molecule has 2 rings (SSSR count). The summed E-state index contributed by atoms with van der Waals surface area (Å²) in [5, 5.41) is 3.64. The van der Waals surface area contributed by atoms with E-state index >= 15 is 0 Å². The molecule has 0 heterocycles. The molecule has 2 aromatic carbocycles. The lowest BCUT2D eigenvalue weighted by atomic mass is 10.1. The van der Waals surface area contributed by atoms with Crippen LogP contribution in [0.4, 0.5) is 5.69 Å². The fraction of sp³-hybridized carbons (Fsp3) is 0.235. The minimum absolute atomic E-state index is 0.273. The molecule has 5 heteroatoms. The second-order valence-corrected chi connectivity index (χ2v) is 5.99. The smallest absolute Gasteiger partial charge is 0.265 e. The van der Waals surface area contributed by atoms with Crippen molar-refractivity contribution in [1.82, 2.24) is 0 Å². The zero-order valence-corrected chi connectivity index (χ0v) is 14.1. The van der Waals surface area contributed by atoms with Crippen LogP contribution in [0.15, 0.2) is 36.4 Å². The standard InChI is InChI=1S/C17H17Cl2NO2/c1-10-4-5-11(2)16(8-10)22-12(3)17(21)20-15-7-6-13(18)9-14(15)19/h4-9,12H,1-3H3,(H,20,21)/t12-/m1/s1. The summed E-state index contributed by atoms with van der Waals surface area (Å²) < 4.78 is 5.74. The number of amides is 1. The molecule has 0 aromatic heterocycles. The Morgan fingerprint density at radius 3 is 2.55 bits per heavy atom. The number of hydrogen-bond donors (Lipinski definition) is 1. The molecule has 1 atom stereocenters. The predicted octanol–water partition coefficient (Wildman–Crippen LogP) is 5.02. The summed E-state index contributed by atoms with van der Waals surface area (Å²) in [7, 11) is 0. The van der Waals surface area contributed by atoms with Crippen molar-refractivity contribution in [2.75, 3.05) is 5.32 Å². The maximum absolute atomic E-state index is 12.2. The van der Waals surface area contributed by atoms with Gasteiger partial charge in [0.25, 0.3) is 5.91 Å². The van der Waals surface area contributed by atoms with Crippen molar-refractivity contribution < 1.29 is 9.53 Å². The molecule has 0 saturated carbocycles. The van der Waals surface area contributed by atoms with Crippen molar-refractivity contribution >= 4 is 34.8 Å². The maximum atomic E-state index is 12.2. The molecule has 116 valence electrons. The van der Waals surface area contributed by atoms with E-state index in [9.17, 15) is 4.79 Å². The topological polar surface area (TPSA) is 38.3 Å². The lowest BCUT2D eigenvalue weighted by Gasteiger charge is -2.17. The average Bonchev–Trinajstić information content (AvgIpc) is 2.45. The number of aryl methyl sites for hydroxylation is 2. The zero-order chi connectivity index (χ0) is 16.3. The molecule has 0 aliphatic rings. The number of halogens is 2. The fourth-order valence-corrected chi connectivity index (χ4v) is 2.36. The first-order valence-corrected chi connectivity index (χ1v) is 7.62. The summed E-state index contributed by atoms with van der Waals surface area (Å²) in [6, 6.07) is 10.8. The van der Waals surface area contributed by atoms with Crippen LogP contribution in [0.25, 0.3) is 0 Å². The summed E-state index contributed by atoms with van der Waals surface area (Å²) in [5.41, 5.74) is 2.57. The van der Waals surface area contributed by atoms with E-state index in [1.807, 2.05) is 32.0 Å². The molecule has 3 nitrogen and oxygen atoms in total. The summed E-state index contributed by atoms with van der Waals surface area (Å²) in [4.78, 5) is 12.2. The number of nitrogens with one attached hydrogen (secondary N) is 1. The van der Waals surface area contributed by atoms with Gasteiger partial charge >= 0.3 is 0 Å². The van der Waals surface area contributed by atoms with E-state index in [1.165, 1.54) is 0 Å². The van der Waals surface area contributed by atoms with Gasteiger partial charge in [-0.15, -0.1) is 0 Å². The van der Waals surface area contributed by atoms with Crippen molar-refractivity contribution in [2.24, 2.45) is 0 Å². The number of ether oxygens (including phenoxy) is 1. The minimum atomic E-state index is -0.646. The first kappa shape index (κ1) is 16.7. The second kappa shape index (κ2) is 7.03. The third-order valence-electron chi connectivity index (χ3n) is 3.21. The van der Waals surface area contributed by atoms with Gasteiger partial charge in [-0.3, -0.25) is 4.79 Å². The Kier molecular flexibility index (Phi) is 5.33. The van der Waals surface area contributed by atoms with Crippen molar-refractivity contribution in [1.29, 1.82) is 0 Å². The molecule has 0 aliphatic carbocycles. The highest BCUT2D eigenvalue weighted by Crippen LogP contribution is 2.26. The van der Waals surface area contributed by atoms with Gasteiger partial charge in [-0.1, -0.05) is 35.3 Å². The highest BCUT2D eigenvalue weighted by atomic mass is 35.5. The van der Waals surface area contributed by atoms with Crippen LogP contribution in [-0.2, 0) is 4.79 Å². The highest BCUT2D eigenvalue weighted by Gasteiger charge is 2.17. The molecule has 2 aromatic rings. The molecule has 0 fully saturated rings. The summed E-state index contributed by atoms with van der Waals surface area (Å²) in [6.07, 6.45) is -0.646. The van der Waals surface area contributed by atoms with Gasteiger partial charge in [0, 0.05) is 5.02 Å². The monoisotopic (exact) mass is 337 g/mol. The molecule has 0 saturated heterocycles. The van der Waals surface area contributed by atoms with Crippen LogP contribution < -0.4 is 10.1 Å². The Morgan fingerprint density at radius 2 is 1.86 bits per heavy atom. The third-order valence-corrected chi connectivity index (χ3v) is 3.75. The van der Waals surface area contributed by atoms with Crippen LogP contribution in [0.3, 0.4) is 0 Å². The van der Waals surface area contributed by atoms with Crippen LogP contribution >= 0.6 is 23.2 Å². The molecule has 1 amide bonds. The first-order chi connectivity index (χ1) is 10.4. The van der Waals surface area contributed by atoms with E-state index in [-0.39, 0.29) is 5.91 Å². The Balaban J connectivity index is 2.07. The van der Waals surface area contributed by atoms with Crippen LogP contribution in [0.2, 0.25) is 10.0 Å². The first-order valence-electron chi connectivity index (χ1n) is 6.86. The summed E-state index contributed by atoms with van der Waals surface area (Å²) in [6.45, 7) is 5.61. The van der Waals surface area contributed by atoms with Crippen LogP contribution in [0, 0.1) is 13.8 Å². The number of carbonyl (C=O) groups excluding carboxylic acids is 1. The van der Waals surface area contributed by atoms with Gasteiger partial charge in [-0.2, -0.15) is 0 Å². The van der Waals surface area contributed by atoms with Crippen molar-refractivity contribution in [3.63, 3.8) is 0 Å². The number of carbonyl (C=O) groups is 1. The summed E-state index contributed by atoms with van der Waals surface area (Å²) >= 11 is 11.9. The van der Waals surface area contributed by atoms with Gasteiger partial charge in [0.1, 0.15) is 5.75 Å². The molecule has 0 unspecified atom stereocenters. The fourth-order valence-electron chi connectivity index (χ4n) is 1.90. The van der Waals surface area contributed by atoms with Crippen LogP contribution in [0.1, 0.15) is 18.1 Å².